The number of rotatable bonds is 1. The average molecular weight is 199 g/mol. The molecule has 2 heterocycles. The molecule has 5 nitrogen and oxygen atoms in total. The number of nitrogens with two attached hydrogens (primary N) is 1. The van der Waals surface area contributed by atoms with Crippen LogP contribution in [0, 0.1) is 0 Å². The van der Waals surface area contributed by atoms with Crippen molar-refractivity contribution in [2.45, 2.75) is 0 Å². The fourth-order valence-corrected chi connectivity index (χ4v) is 1.64. The summed E-state index contributed by atoms with van der Waals surface area (Å²) >= 11 is 0. The number of hydrogen-bond acceptors (Lipinski definition) is 3. The molecule has 15 heavy (non-hydrogen) atoms. The minimum Gasteiger partial charge on any atom is -0.396 e. The van der Waals surface area contributed by atoms with Crippen molar-refractivity contribution in [2.24, 2.45) is 0 Å². The molecule has 0 atom stereocenters. The number of aromatic nitrogens is 4. The number of aromatic amines is 2. The molecule has 2 aromatic heterocycles. The van der Waals surface area contributed by atoms with Crippen molar-refractivity contribution in [3.8, 4) is 11.4 Å². The summed E-state index contributed by atoms with van der Waals surface area (Å²) in [5.74, 6) is 0. The Labute approximate surface area is 85.3 Å². The zero-order valence-corrected chi connectivity index (χ0v) is 7.86. The highest BCUT2D eigenvalue weighted by Gasteiger charge is 2.11. The van der Waals surface area contributed by atoms with Crippen molar-refractivity contribution < 1.29 is 0 Å². The highest BCUT2D eigenvalue weighted by atomic mass is 15.2. The molecule has 0 radical (unpaired) electrons. The lowest BCUT2D eigenvalue weighted by molar-refractivity contribution is 1.07. The Balaban J connectivity index is 2.32. The Morgan fingerprint density at radius 1 is 1.13 bits per heavy atom. The van der Waals surface area contributed by atoms with Gasteiger partial charge in [-0.1, -0.05) is 18.2 Å². The fraction of sp³-hybridized carbons (Fsp3) is 0. The lowest BCUT2D eigenvalue weighted by Gasteiger charge is -1.94. The van der Waals surface area contributed by atoms with E-state index in [9.17, 15) is 0 Å². The van der Waals surface area contributed by atoms with Gasteiger partial charge in [0.25, 0.3) is 0 Å². The Morgan fingerprint density at radius 2 is 2.00 bits per heavy atom. The first kappa shape index (κ1) is 8.05. The van der Waals surface area contributed by atoms with E-state index in [-0.39, 0.29) is 0 Å². The molecule has 0 aliphatic heterocycles. The van der Waals surface area contributed by atoms with Gasteiger partial charge in [0.05, 0.1) is 17.4 Å². The molecule has 5 heteroatoms. The number of nitrogen functional groups attached to an aromatic ring is 1. The molecule has 0 aliphatic rings. The highest BCUT2D eigenvalue weighted by molar-refractivity contribution is 5.94. The van der Waals surface area contributed by atoms with Crippen LogP contribution in [0.15, 0.2) is 30.5 Å². The number of benzene rings is 1. The van der Waals surface area contributed by atoms with Gasteiger partial charge in [-0.2, -0.15) is 10.2 Å². The van der Waals surface area contributed by atoms with Gasteiger partial charge < -0.3 is 5.73 Å². The van der Waals surface area contributed by atoms with Gasteiger partial charge in [-0.05, 0) is 6.07 Å². The van der Waals surface area contributed by atoms with E-state index in [4.69, 9.17) is 5.73 Å². The number of para-hydroxylation sites is 1. The van der Waals surface area contributed by atoms with Crippen molar-refractivity contribution in [3.63, 3.8) is 0 Å². The summed E-state index contributed by atoms with van der Waals surface area (Å²) in [4.78, 5) is 0. The van der Waals surface area contributed by atoms with E-state index >= 15 is 0 Å². The maximum Gasteiger partial charge on any atom is 0.120 e. The number of nitrogens with zero attached hydrogens (tertiary/aromatic N) is 2. The van der Waals surface area contributed by atoms with Gasteiger partial charge in [-0.15, -0.1) is 0 Å². The van der Waals surface area contributed by atoms with Crippen LogP contribution in [0.1, 0.15) is 0 Å². The van der Waals surface area contributed by atoms with Crippen LogP contribution < -0.4 is 5.73 Å². The second-order valence-electron chi connectivity index (χ2n) is 3.32. The second kappa shape index (κ2) is 2.84. The predicted molar refractivity (Wildman–Crippen MR) is 58.1 cm³/mol. The van der Waals surface area contributed by atoms with E-state index in [1.165, 1.54) is 0 Å². The summed E-state index contributed by atoms with van der Waals surface area (Å²) in [5.41, 5.74) is 8.93. The zero-order chi connectivity index (χ0) is 10.3. The lowest BCUT2D eigenvalue weighted by Crippen LogP contribution is -1.87. The molecular weight excluding hydrogens is 190 g/mol. The second-order valence-corrected chi connectivity index (χ2v) is 3.32. The summed E-state index contributed by atoms with van der Waals surface area (Å²) in [6.45, 7) is 0. The van der Waals surface area contributed by atoms with Crippen LogP contribution in [0.3, 0.4) is 0 Å². The molecule has 3 aromatic rings. The van der Waals surface area contributed by atoms with Gasteiger partial charge in [0.2, 0.25) is 0 Å². The number of H-pyrrole nitrogens is 2. The zero-order valence-electron chi connectivity index (χ0n) is 7.86. The van der Waals surface area contributed by atoms with Crippen LogP contribution in [-0.2, 0) is 0 Å². The van der Waals surface area contributed by atoms with Gasteiger partial charge in [-0.25, -0.2) is 0 Å². The summed E-state index contributed by atoms with van der Waals surface area (Å²) in [7, 11) is 0. The predicted octanol–water partition coefficient (Wildman–Crippen LogP) is 1.54. The van der Waals surface area contributed by atoms with Gasteiger partial charge >= 0.3 is 0 Å². The minimum absolute atomic E-state index is 0.604. The van der Waals surface area contributed by atoms with Gasteiger partial charge in [0.1, 0.15) is 11.4 Å². The quantitative estimate of drug-likeness (QED) is 0.555. The third kappa shape index (κ3) is 1.10. The number of hydrogen-bond donors (Lipinski definition) is 3. The molecule has 0 saturated carbocycles. The Bertz CT molecular complexity index is 607. The van der Waals surface area contributed by atoms with Crippen molar-refractivity contribution in [2.75, 3.05) is 5.73 Å². The first-order chi connectivity index (χ1) is 7.36. The maximum absolute atomic E-state index is 5.78. The van der Waals surface area contributed by atoms with Crippen molar-refractivity contribution >= 4 is 16.6 Å². The SMILES string of the molecule is Nc1cn[nH]c1-c1n[nH]c2ccccc12. The first-order valence-electron chi connectivity index (χ1n) is 4.58. The first-order valence-corrected chi connectivity index (χ1v) is 4.58. The molecule has 3 rings (SSSR count). The molecule has 0 spiro atoms. The fourth-order valence-electron chi connectivity index (χ4n) is 1.64. The molecule has 0 aliphatic carbocycles. The number of nitrogens with one attached hydrogen (secondary N) is 2. The van der Waals surface area contributed by atoms with Gasteiger partial charge in [0.15, 0.2) is 0 Å². The molecule has 4 N–H and O–H groups in total. The summed E-state index contributed by atoms with van der Waals surface area (Å²) < 4.78 is 0. The molecule has 1 aromatic carbocycles. The molecule has 0 fully saturated rings. The van der Waals surface area contributed by atoms with Crippen LogP contribution in [0.25, 0.3) is 22.3 Å². The minimum atomic E-state index is 0.604. The Morgan fingerprint density at radius 3 is 2.80 bits per heavy atom. The van der Waals surface area contributed by atoms with Crippen molar-refractivity contribution in [1.82, 2.24) is 20.4 Å². The Hall–Kier alpha value is -2.30. The standard InChI is InChI=1S/C10H9N5/c11-7-5-12-14-10(7)9-6-3-1-2-4-8(6)13-15-9/h1-5H,11H2,(H,12,14)(H,13,15). The van der Waals surface area contributed by atoms with Gasteiger partial charge in [0, 0.05) is 5.39 Å². The topological polar surface area (TPSA) is 83.4 Å². The molecule has 0 amide bonds. The largest absolute Gasteiger partial charge is 0.396 e. The normalized spacial score (nSPS) is 10.9. The highest BCUT2D eigenvalue weighted by Crippen LogP contribution is 2.27. The van der Waals surface area contributed by atoms with E-state index < -0.39 is 0 Å². The molecule has 74 valence electrons. The monoisotopic (exact) mass is 199 g/mol. The third-order valence-electron chi connectivity index (χ3n) is 2.38. The van der Waals surface area contributed by atoms with Crippen molar-refractivity contribution in [3.05, 3.63) is 30.5 Å². The summed E-state index contributed by atoms with van der Waals surface area (Å²) in [6.07, 6.45) is 1.58. The molecule has 0 saturated heterocycles. The van der Waals surface area contributed by atoms with Gasteiger partial charge in [-0.3, -0.25) is 10.2 Å². The van der Waals surface area contributed by atoms with Crippen LogP contribution in [0.2, 0.25) is 0 Å². The summed E-state index contributed by atoms with van der Waals surface area (Å²) in [5, 5.41) is 14.9. The lowest BCUT2D eigenvalue weighted by atomic mass is 10.1. The summed E-state index contributed by atoms with van der Waals surface area (Å²) in [6, 6.07) is 7.89. The van der Waals surface area contributed by atoms with Crippen LogP contribution in [-0.4, -0.2) is 20.4 Å². The van der Waals surface area contributed by atoms with E-state index in [0.717, 1.165) is 22.3 Å². The molecular formula is C10H9N5. The van der Waals surface area contributed by atoms with Crippen LogP contribution in [0.5, 0.6) is 0 Å². The average Bonchev–Trinajstić information content (AvgIpc) is 2.83. The van der Waals surface area contributed by atoms with E-state index in [0.29, 0.717) is 5.69 Å². The van der Waals surface area contributed by atoms with E-state index in [1.54, 1.807) is 6.20 Å². The van der Waals surface area contributed by atoms with Crippen molar-refractivity contribution in [1.29, 1.82) is 0 Å². The van der Waals surface area contributed by atoms with Crippen LogP contribution >= 0.6 is 0 Å². The number of anilines is 1. The maximum atomic E-state index is 5.78. The molecule has 0 bridgehead atoms. The van der Waals surface area contributed by atoms with E-state index in [1.807, 2.05) is 24.3 Å². The Kier molecular flexibility index (Phi) is 1.53. The smallest absolute Gasteiger partial charge is 0.120 e. The molecule has 0 unspecified atom stereocenters. The number of fused-ring (bicyclic) bond motifs is 1. The third-order valence-corrected chi connectivity index (χ3v) is 2.38. The van der Waals surface area contributed by atoms with E-state index in [2.05, 4.69) is 20.4 Å². The van der Waals surface area contributed by atoms with Crippen LogP contribution in [0.4, 0.5) is 5.69 Å².